The van der Waals surface area contributed by atoms with Gasteiger partial charge in [0, 0.05) is 17.7 Å². The highest BCUT2D eigenvalue weighted by atomic mass is 32.2. The minimum Gasteiger partial charge on any atom is -0.497 e. The Bertz CT molecular complexity index is 1000. The Labute approximate surface area is 187 Å². The van der Waals surface area contributed by atoms with Gasteiger partial charge < -0.3 is 10.1 Å². The molecule has 0 spiro atoms. The fraction of sp³-hybridized carbons (Fsp3) is 0.400. The van der Waals surface area contributed by atoms with Crippen LogP contribution >= 0.6 is 11.8 Å². The number of fused-ring (bicyclic) bond motifs is 1. The molecule has 3 atom stereocenters. The molecule has 31 heavy (non-hydrogen) atoms. The predicted molar refractivity (Wildman–Crippen MR) is 125 cm³/mol. The number of nitrogens with zero attached hydrogens (tertiary/aromatic N) is 1. The Morgan fingerprint density at radius 2 is 1.97 bits per heavy atom. The van der Waals surface area contributed by atoms with Crippen LogP contribution in [0.4, 0.5) is 0 Å². The maximum Gasteiger partial charge on any atom is 0.425 e. The van der Waals surface area contributed by atoms with Crippen molar-refractivity contribution in [1.82, 2.24) is 5.32 Å². The van der Waals surface area contributed by atoms with Crippen LogP contribution in [-0.4, -0.2) is 47.6 Å². The van der Waals surface area contributed by atoms with Crippen LogP contribution in [0.25, 0.3) is 6.08 Å². The molecule has 162 valence electrons. The summed E-state index contributed by atoms with van der Waals surface area (Å²) in [5.41, 5.74) is 2.42. The Balaban J connectivity index is 1.53. The molecule has 6 heteroatoms. The van der Waals surface area contributed by atoms with Crippen LogP contribution in [0.3, 0.4) is 0 Å². The maximum absolute atomic E-state index is 13.0. The fourth-order valence-electron chi connectivity index (χ4n) is 4.31. The minimum absolute atomic E-state index is 0.0114. The largest absolute Gasteiger partial charge is 0.497 e. The van der Waals surface area contributed by atoms with Crippen molar-refractivity contribution in [3.05, 3.63) is 58.5 Å². The van der Waals surface area contributed by atoms with Gasteiger partial charge in [0.15, 0.2) is 0 Å². The highest BCUT2D eigenvalue weighted by Crippen LogP contribution is 2.34. The van der Waals surface area contributed by atoms with E-state index in [9.17, 15) is 9.59 Å². The summed E-state index contributed by atoms with van der Waals surface area (Å²) in [6.45, 7) is 2.21. The lowest BCUT2D eigenvalue weighted by molar-refractivity contribution is -0.413. The molecule has 0 radical (unpaired) electrons. The second-order valence-corrected chi connectivity index (χ2v) is 9.59. The van der Waals surface area contributed by atoms with Gasteiger partial charge in [-0.25, -0.2) is 4.79 Å². The summed E-state index contributed by atoms with van der Waals surface area (Å²) in [5, 5.41) is 3.22. The standard InChI is InChI=1S/C25H28N2O3S/c1-16-6-4-5-7-20(16)26-24(28)18-10-13-22-21(15-18)27(2)25(29)23(31-22)14-17-8-11-19(30-3)12-9-17/h8-16,20,22H,4-7H2,1-3H3/p+1/b23-14-. The van der Waals surface area contributed by atoms with Gasteiger partial charge in [0.25, 0.3) is 5.91 Å². The van der Waals surface area contributed by atoms with E-state index in [-0.39, 0.29) is 23.1 Å². The second kappa shape index (κ2) is 9.27. The summed E-state index contributed by atoms with van der Waals surface area (Å²) in [6.07, 6.45) is 12.3. The second-order valence-electron chi connectivity index (χ2n) is 8.41. The molecule has 5 nitrogen and oxygen atoms in total. The number of allylic oxidation sites excluding steroid dienone is 1. The number of methoxy groups -OCH3 is 1. The number of thioether (sulfide) groups is 1. The molecular weight excluding hydrogens is 408 g/mol. The van der Waals surface area contributed by atoms with E-state index in [2.05, 4.69) is 12.2 Å². The molecule has 4 rings (SSSR count). The Morgan fingerprint density at radius 1 is 1.23 bits per heavy atom. The topological polar surface area (TPSA) is 58.4 Å². The Kier molecular flexibility index (Phi) is 6.46. The highest BCUT2D eigenvalue weighted by molar-refractivity contribution is 8.05. The fourth-order valence-corrected chi connectivity index (χ4v) is 5.53. The van der Waals surface area contributed by atoms with E-state index in [1.807, 2.05) is 48.6 Å². The van der Waals surface area contributed by atoms with Crippen molar-refractivity contribution in [1.29, 1.82) is 0 Å². The molecule has 1 heterocycles. The van der Waals surface area contributed by atoms with Crippen LogP contribution in [0.2, 0.25) is 0 Å². The van der Waals surface area contributed by atoms with Crippen molar-refractivity contribution in [3.8, 4) is 5.75 Å². The van der Waals surface area contributed by atoms with Crippen LogP contribution in [0.5, 0.6) is 5.75 Å². The van der Waals surface area contributed by atoms with E-state index >= 15 is 0 Å². The van der Waals surface area contributed by atoms with Gasteiger partial charge in [-0.05, 0) is 42.5 Å². The number of likely N-dealkylation sites (N-methyl/N-ethyl adjacent to an activating group) is 1. The van der Waals surface area contributed by atoms with Gasteiger partial charge in [-0.3, -0.25) is 4.79 Å². The van der Waals surface area contributed by atoms with Gasteiger partial charge in [-0.2, -0.15) is 4.58 Å². The first-order valence-electron chi connectivity index (χ1n) is 10.8. The van der Waals surface area contributed by atoms with Crippen LogP contribution < -0.4 is 10.1 Å². The summed E-state index contributed by atoms with van der Waals surface area (Å²) in [6, 6.07) is 7.87. The minimum atomic E-state index is -0.0562. The molecule has 3 aliphatic rings. The third-order valence-corrected chi connectivity index (χ3v) is 7.50. The van der Waals surface area contributed by atoms with Gasteiger partial charge in [-0.15, -0.1) is 0 Å². The molecule has 2 aliphatic carbocycles. The van der Waals surface area contributed by atoms with Crippen molar-refractivity contribution in [3.63, 3.8) is 0 Å². The smallest absolute Gasteiger partial charge is 0.425 e. The molecule has 2 amide bonds. The van der Waals surface area contributed by atoms with Gasteiger partial charge >= 0.3 is 5.91 Å². The quantitative estimate of drug-likeness (QED) is 0.572. The number of amides is 2. The van der Waals surface area contributed by atoms with Crippen molar-refractivity contribution in [2.45, 2.75) is 43.9 Å². The van der Waals surface area contributed by atoms with Gasteiger partial charge in [0.1, 0.15) is 23.0 Å². The maximum atomic E-state index is 13.0. The lowest BCUT2D eigenvalue weighted by Gasteiger charge is -2.30. The normalized spacial score (nSPS) is 27.1. The number of hydrogen-bond donors (Lipinski definition) is 1. The van der Waals surface area contributed by atoms with Gasteiger partial charge in [0.05, 0.1) is 7.11 Å². The van der Waals surface area contributed by atoms with Crippen molar-refractivity contribution in [2.75, 3.05) is 14.2 Å². The van der Waals surface area contributed by atoms with E-state index in [1.54, 1.807) is 18.7 Å². The average molecular weight is 438 g/mol. The number of carbonyl (C=O) groups is 2. The van der Waals surface area contributed by atoms with Crippen molar-refractivity contribution < 1.29 is 18.9 Å². The first-order valence-corrected chi connectivity index (χ1v) is 11.7. The zero-order valence-corrected chi connectivity index (χ0v) is 19.1. The van der Waals surface area contributed by atoms with Gasteiger partial charge in [-0.1, -0.05) is 55.8 Å². The SMILES string of the molecule is COc1ccc(/C=C2\SC3C=CC(C(=O)NC4CCCCC4C)=CC3=[N+](C)C2=O)cc1. The van der Waals surface area contributed by atoms with Gasteiger partial charge in [0.2, 0.25) is 5.71 Å². The van der Waals surface area contributed by atoms with Crippen LogP contribution in [0, 0.1) is 5.92 Å². The molecule has 1 aromatic carbocycles. The molecule has 1 N–H and O–H groups in total. The molecule has 1 saturated carbocycles. The number of hydrogen-bond acceptors (Lipinski definition) is 4. The third kappa shape index (κ3) is 4.69. The van der Waals surface area contributed by atoms with Crippen LogP contribution in [0.1, 0.15) is 38.2 Å². The number of ether oxygens (including phenoxy) is 1. The van der Waals surface area contributed by atoms with E-state index in [0.717, 1.165) is 29.9 Å². The molecule has 1 aromatic rings. The molecule has 0 bridgehead atoms. The summed E-state index contributed by atoms with van der Waals surface area (Å²) in [7, 11) is 3.41. The predicted octanol–water partition coefficient (Wildman–Crippen LogP) is 3.95. The van der Waals surface area contributed by atoms with E-state index in [1.165, 1.54) is 24.6 Å². The van der Waals surface area contributed by atoms with Crippen molar-refractivity contribution >= 4 is 35.4 Å². The monoisotopic (exact) mass is 437 g/mol. The average Bonchev–Trinajstić information content (AvgIpc) is 2.79. The first kappa shape index (κ1) is 21.6. The van der Waals surface area contributed by atoms with Crippen molar-refractivity contribution in [2.24, 2.45) is 5.92 Å². The summed E-state index contributed by atoms with van der Waals surface area (Å²) in [4.78, 5) is 26.5. The summed E-state index contributed by atoms with van der Waals surface area (Å²) >= 11 is 1.52. The number of carbonyl (C=O) groups excluding carboxylic acids is 2. The summed E-state index contributed by atoms with van der Waals surface area (Å²) in [5.74, 6) is 1.18. The van der Waals surface area contributed by atoms with Crippen LogP contribution in [0.15, 0.2) is 53.0 Å². The molecule has 3 unspecified atom stereocenters. The summed E-state index contributed by atoms with van der Waals surface area (Å²) < 4.78 is 6.86. The Morgan fingerprint density at radius 3 is 2.68 bits per heavy atom. The lowest BCUT2D eigenvalue weighted by Crippen LogP contribution is -2.42. The first-order chi connectivity index (χ1) is 15.0. The zero-order valence-electron chi connectivity index (χ0n) is 18.3. The number of benzene rings is 1. The molecule has 1 fully saturated rings. The lowest BCUT2D eigenvalue weighted by atomic mass is 9.85. The number of nitrogens with one attached hydrogen (secondary N) is 1. The molecular formula is C25H29N2O3S+. The zero-order chi connectivity index (χ0) is 22.0. The third-order valence-electron chi connectivity index (χ3n) is 6.31. The molecule has 0 saturated heterocycles. The van der Waals surface area contributed by atoms with Crippen LogP contribution in [-0.2, 0) is 9.59 Å². The molecule has 0 aromatic heterocycles. The van der Waals surface area contributed by atoms with E-state index in [4.69, 9.17) is 4.74 Å². The Hall–Kier alpha value is -2.60. The highest BCUT2D eigenvalue weighted by Gasteiger charge is 2.38. The van der Waals surface area contributed by atoms with E-state index < -0.39 is 0 Å². The number of rotatable bonds is 4. The van der Waals surface area contributed by atoms with E-state index in [0.29, 0.717) is 16.4 Å². The molecule has 1 aliphatic heterocycles.